The van der Waals surface area contributed by atoms with Gasteiger partial charge in [-0.15, -0.1) is 0 Å². The molecule has 41 heavy (non-hydrogen) atoms. The summed E-state index contributed by atoms with van der Waals surface area (Å²) in [4.78, 5) is 35.2. The number of carbonyl (C=O) groups is 2. The largest absolute Gasteiger partial charge is 0.451 e. The number of benzene rings is 2. The molecule has 0 bridgehead atoms. The molecule has 0 aliphatic heterocycles. The van der Waals surface area contributed by atoms with Crippen LogP contribution < -0.4 is 10.6 Å². The Balaban J connectivity index is 1.53. The highest BCUT2D eigenvalue weighted by atomic mass is 32.2. The Bertz CT molecular complexity index is 1330. The minimum atomic E-state index is -0.432. The number of fused-ring (bicyclic) bond motifs is 1. The van der Waals surface area contributed by atoms with Gasteiger partial charge in [0, 0.05) is 17.7 Å². The summed E-state index contributed by atoms with van der Waals surface area (Å²) in [6.07, 6.45) is 12.4. The second-order valence-corrected chi connectivity index (χ2v) is 11.5. The van der Waals surface area contributed by atoms with Crippen molar-refractivity contribution in [3.8, 4) is 0 Å². The number of rotatable bonds is 11. The fourth-order valence-corrected chi connectivity index (χ4v) is 5.87. The lowest BCUT2D eigenvalue weighted by molar-refractivity contribution is -0.151. The van der Waals surface area contributed by atoms with Crippen molar-refractivity contribution in [2.75, 3.05) is 0 Å². The van der Waals surface area contributed by atoms with Gasteiger partial charge >= 0.3 is 5.97 Å². The monoisotopic (exact) mass is 572 g/mol. The van der Waals surface area contributed by atoms with Gasteiger partial charge in [0.15, 0.2) is 10.6 Å². The van der Waals surface area contributed by atoms with E-state index in [2.05, 4.69) is 22.5 Å². The zero-order valence-corrected chi connectivity index (χ0v) is 24.7. The Morgan fingerprint density at radius 3 is 2.61 bits per heavy atom. The first-order valence-corrected chi connectivity index (χ1v) is 15.5. The Hall–Kier alpha value is -3.65. The van der Waals surface area contributed by atoms with E-state index >= 15 is 0 Å². The van der Waals surface area contributed by atoms with Gasteiger partial charge in [-0.2, -0.15) is 0 Å². The Morgan fingerprint density at radius 1 is 1.05 bits per heavy atom. The molecular weight excluding hydrogens is 532 g/mol. The highest BCUT2D eigenvalue weighted by Gasteiger charge is 2.27. The van der Waals surface area contributed by atoms with Crippen LogP contribution in [0.15, 0.2) is 77.9 Å². The van der Waals surface area contributed by atoms with Gasteiger partial charge in [0.05, 0.1) is 23.3 Å². The van der Waals surface area contributed by atoms with Crippen LogP contribution in [0.3, 0.4) is 0 Å². The molecule has 2 aromatic carbocycles. The fraction of sp³-hybridized carbons (Fsp3) is 0.394. The smallest absolute Gasteiger partial charge is 0.310 e. The van der Waals surface area contributed by atoms with Gasteiger partial charge in [-0.1, -0.05) is 81.1 Å². The molecule has 1 amide bonds. The van der Waals surface area contributed by atoms with E-state index < -0.39 is 6.17 Å². The third kappa shape index (κ3) is 9.74. The number of unbranched alkanes of at least 4 members (excludes halogenated alkanes) is 1. The van der Waals surface area contributed by atoms with Crippen LogP contribution in [0.25, 0.3) is 17.0 Å². The fourth-order valence-electron chi connectivity index (χ4n) is 4.80. The molecule has 2 N–H and O–H groups in total. The number of para-hydroxylation sites is 1. The standard InChI is InChI=1S/C33H40N4O3S/c1-3-4-20-30(40-32(39)27-15-9-6-10-16-27)41-33(37-28-19-11-17-26-18-12-23-34-31(26)28)36-24(2)35-29(38)22-21-25-13-7-5-8-14-25/h5,7-8,11-14,17-19,21-24,27,30H,3-4,6,9-10,15-16,20H2,1-2H3,(H,35,38)(H,36,37)/b22-21+. The number of aromatic nitrogens is 1. The van der Waals surface area contributed by atoms with Gasteiger partial charge in [-0.3, -0.25) is 14.6 Å². The SMILES string of the molecule is CCCCC(OC(=O)C1CCCCC1)S/C(=N/c1cccc2cccnc12)NC(C)NC(=O)/C=C/c1ccccc1. The Morgan fingerprint density at radius 2 is 1.83 bits per heavy atom. The summed E-state index contributed by atoms with van der Waals surface area (Å²) in [5.74, 6) is -0.369. The van der Waals surface area contributed by atoms with Crippen molar-refractivity contribution in [3.63, 3.8) is 0 Å². The summed E-state index contributed by atoms with van der Waals surface area (Å²) < 4.78 is 6.09. The first kappa shape index (κ1) is 30.3. The Labute approximate surface area is 247 Å². The summed E-state index contributed by atoms with van der Waals surface area (Å²) >= 11 is 1.39. The van der Waals surface area contributed by atoms with E-state index in [0.29, 0.717) is 17.3 Å². The second kappa shape index (κ2) is 16.0. The third-order valence-corrected chi connectivity index (χ3v) is 8.01. The number of nitrogens with one attached hydrogen (secondary N) is 2. The number of aliphatic imine (C=N–C) groups is 1. The topological polar surface area (TPSA) is 92.7 Å². The maximum atomic E-state index is 13.1. The molecule has 3 aromatic rings. The first-order valence-electron chi connectivity index (χ1n) is 14.6. The molecule has 0 saturated heterocycles. The first-order chi connectivity index (χ1) is 20.0. The number of amides is 1. The van der Waals surface area contributed by atoms with E-state index in [-0.39, 0.29) is 23.2 Å². The van der Waals surface area contributed by atoms with Crippen LogP contribution in [-0.4, -0.2) is 33.6 Å². The number of carbonyl (C=O) groups excluding carboxylic acids is 2. The molecule has 7 nitrogen and oxygen atoms in total. The molecule has 1 aromatic heterocycles. The second-order valence-electron chi connectivity index (χ2n) is 10.3. The molecular formula is C33H40N4O3S. The van der Waals surface area contributed by atoms with Crippen LogP contribution in [0.4, 0.5) is 5.69 Å². The maximum absolute atomic E-state index is 13.1. The lowest BCUT2D eigenvalue weighted by Gasteiger charge is -2.25. The summed E-state index contributed by atoms with van der Waals surface area (Å²) in [7, 11) is 0. The normalized spacial score (nSPS) is 15.9. The van der Waals surface area contributed by atoms with Crippen LogP contribution in [0.5, 0.6) is 0 Å². The van der Waals surface area contributed by atoms with Crippen LogP contribution >= 0.6 is 11.8 Å². The molecule has 1 fully saturated rings. The highest BCUT2D eigenvalue weighted by molar-refractivity contribution is 8.14. The van der Waals surface area contributed by atoms with E-state index in [1.807, 2.05) is 67.6 Å². The molecule has 216 valence electrons. The number of thioether (sulfide) groups is 1. The van der Waals surface area contributed by atoms with Gasteiger partial charge in [-0.05, 0) is 68.1 Å². The van der Waals surface area contributed by atoms with E-state index in [4.69, 9.17) is 9.73 Å². The predicted octanol–water partition coefficient (Wildman–Crippen LogP) is 7.36. The molecule has 0 radical (unpaired) electrons. The highest BCUT2D eigenvalue weighted by Crippen LogP contribution is 2.30. The predicted molar refractivity (Wildman–Crippen MR) is 169 cm³/mol. The van der Waals surface area contributed by atoms with Crippen LogP contribution in [0.1, 0.15) is 70.8 Å². The van der Waals surface area contributed by atoms with Crippen LogP contribution in [0, 0.1) is 5.92 Å². The number of esters is 1. The van der Waals surface area contributed by atoms with Gasteiger partial charge in [0.1, 0.15) is 0 Å². The lowest BCUT2D eigenvalue weighted by atomic mass is 9.89. The van der Waals surface area contributed by atoms with Crippen molar-refractivity contribution >= 4 is 51.5 Å². The van der Waals surface area contributed by atoms with Crippen molar-refractivity contribution in [1.29, 1.82) is 0 Å². The summed E-state index contributed by atoms with van der Waals surface area (Å²) in [5.41, 5.74) is 2.04. The zero-order chi connectivity index (χ0) is 28.9. The zero-order valence-electron chi connectivity index (χ0n) is 23.9. The molecule has 8 heteroatoms. The number of pyridine rings is 1. The molecule has 4 rings (SSSR count). The van der Waals surface area contributed by atoms with Crippen LogP contribution in [0.2, 0.25) is 0 Å². The quantitative estimate of drug-likeness (QED) is 0.0820. The summed E-state index contributed by atoms with van der Waals surface area (Å²) in [6, 6.07) is 19.4. The molecule has 2 unspecified atom stereocenters. The summed E-state index contributed by atoms with van der Waals surface area (Å²) in [5, 5.41) is 7.84. The maximum Gasteiger partial charge on any atom is 0.310 e. The third-order valence-electron chi connectivity index (χ3n) is 6.98. The average molecular weight is 573 g/mol. The number of amidine groups is 1. The minimum Gasteiger partial charge on any atom is -0.451 e. The van der Waals surface area contributed by atoms with E-state index in [9.17, 15) is 9.59 Å². The number of nitrogens with zero attached hydrogens (tertiary/aromatic N) is 2. The van der Waals surface area contributed by atoms with Crippen molar-refractivity contribution < 1.29 is 14.3 Å². The van der Waals surface area contributed by atoms with Crippen molar-refractivity contribution in [2.24, 2.45) is 10.9 Å². The number of ether oxygens (including phenoxy) is 1. The van der Waals surface area contributed by atoms with Crippen LogP contribution in [-0.2, 0) is 14.3 Å². The van der Waals surface area contributed by atoms with E-state index in [0.717, 1.165) is 55.0 Å². The molecule has 0 spiro atoms. The minimum absolute atomic E-state index is 0.0290. The van der Waals surface area contributed by atoms with Crippen molar-refractivity contribution in [2.45, 2.75) is 76.8 Å². The molecule has 1 aliphatic carbocycles. The molecule has 1 heterocycles. The summed E-state index contributed by atoms with van der Waals surface area (Å²) in [6.45, 7) is 3.99. The van der Waals surface area contributed by atoms with E-state index in [1.165, 1.54) is 24.3 Å². The Kier molecular flexibility index (Phi) is 11.8. The number of hydrogen-bond acceptors (Lipinski definition) is 6. The van der Waals surface area contributed by atoms with Crippen molar-refractivity contribution in [1.82, 2.24) is 15.6 Å². The average Bonchev–Trinajstić information content (AvgIpc) is 3.00. The molecule has 2 atom stereocenters. The molecule has 1 saturated carbocycles. The van der Waals surface area contributed by atoms with Gasteiger partial charge < -0.3 is 15.4 Å². The van der Waals surface area contributed by atoms with Gasteiger partial charge in [-0.25, -0.2) is 4.99 Å². The number of hydrogen-bond donors (Lipinski definition) is 2. The van der Waals surface area contributed by atoms with Crippen molar-refractivity contribution in [3.05, 3.63) is 78.5 Å². The van der Waals surface area contributed by atoms with E-state index in [1.54, 1.807) is 12.3 Å². The van der Waals surface area contributed by atoms with Gasteiger partial charge in [0.25, 0.3) is 0 Å². The lowest BCUT2D eigenvalue weighted by Crippen LogP contribution is -2.45. The van der Waals surface area contributed by atoms with Gasteiger partial charge in [0.2, 0.25) is 5.91 Å². The molecule has 1 aliphatic rings.